The van der Waals surface area contributed by atoms with Crippen LogP contribution in [0.25, 0.3) is 22.5 Å². The molecule has 0 unspecified atom stereocenters. The molecule has 0 aliphatic rings. The van der Waals surface area contributed by atoms with Crippen LogP contribution in [-0.4, -0.2) is 43.8 Å². The van der Waals surface area contributed by atoms with Crippen LogP contribution in [0.5, 0.6) is 23.0 Å². The number of ether oxygens (including phenoxy) is 4. The van der Waals surface area contributed by atoms with E-state index >= 15 is 0 Å². The van der Waals surface area contributed by atoms with E-state index in [-0.39, 0.29) is 5.82 Å². The normalized spacial score (nSPS) is 10.5. The van der Waals surface area contributed by atoms with Crippen molar-refractivity contribution in [2.45, 2.75) is 0 Å². The lowest BCUT2D eigenvalue weighted by atomic mass is 10.0. The van der Waals surface area contributed by atoms with E-state index in [0.29, 0.717) is 45.5 Å². The van der Waals surface area contributed by atoms with Gasteiger partial charge in [-0.1, -0.05) is 0 Å². The predicted octanol–water partition coefficient (Wildman–Crippen LogP) is 3.31. The minimum absolute atomic E-state index is 0.329. The third kappa shape index (κ3) is 2.90. The summed E-state index contributed by atoms with van der Waals surface area (Å²) < 4.78 is 35.0. The molecule has 1 aromatic heterocycles. The van der Waals surface area contributed by atoms with Crippen molar-refractivity contribution in [2.75, 3.05) is 28.4 Å². The zero-order valence-electron chi connectivity index (χ0n) is 14.8. The van der Waals surface area contributed by atoms with Gasteiger partial charge in [-0.05, 0) is 30.3 Å². The number of aromatic amines is 1. The SMILES string of the molecule is COc1cc(-c2n[nH]nc2-c2ccc(F)cc2)c(OC)c(OC)c1OC. The molecular formula is C18H18FN3O4. The van der Waals surface area contributed by atoms with Crippen molar-refractivity contribution < 1.29 is 23.3 Å². The third-order valence-corrected chi connectivity index (χ3v) is 3.91. The Morgan fingerprint density at radius 1 is 0.769 bits per heavy atom. The van der Waals surface area contributed by atoms with E-state index in [2.05, 4.69) is 15.4 Å². The van der Waals surface area contributed by atoms with Gasteiger partial charge in [0.05, 0.1) is 34.0 Å². The molecule has 7 nitrogen and oxygen atoms in total. The maximum absolute atomic E-state index is 13.2. The lowest BCUT2D eigenvalue weighted by Crippen LogP contribution is -2.00. The fraction of sp³-hybridized carbons (Fsp3) is 0.222. The van der Waals surface area contributed by atoms with Crippen LogP contribution < -0.4 is 18.9 Å². The standard InChI is InChI=1S/C18H18FN3O4/c1-23-13-9-12(16(24-2)18(26-4)17(13)25-3)15-14(20-22-21-15)10-5-7-11(19)8-6-10/h5-9H,1-4H3,(H,20,21,22). The second kappa shape index (κ2) is 7.30. The van der Waals surface area contributed by atoms with Gasteiger partial charge >= 0.3 is 0 Å². The molecule has 1 N–H and O–H groups in total. The van der Waals surface area contributed by atoms with Gasteiger partial charge in [-0.25, -0.2) is 4.39 Å². The van der Waals surface area contributed by atoms with Crippen LogP contribution >= 0.6 is 0 Å². The Labute approximate surface area is 149 Å². The number of rotatable bonds is 6. The van der Waals surface area contributed by atoms with E-state index in [9.17, 15) is 4.39 Å². The number of halogens is 1. The van der Waals surface area contributed by atoms with Crippen molar-refractivity contribution >= 4 is 0 Å². The molecule has 0 spiro atoms. The molecule has 8 heteroatoms. The fourth-order valence-electron chi connectivity index (χ4n) is 2.74. The summed E-state index contributed by atoms with van der Waals surface area (Å²) in [4.78, 5) is 0. The van der Waals surface area contributed by atoms with Crippen molar-refractivity contribution in [3.8, 4) is 45.5 Å². The maximum Gasteiger partial charge on any atom is 0.207 e. The molecule has 0 fully saturated rings. The molecule has 136 valence electrons. The summed E-state index contributed by atoms with van der Waals surface area (Å²) in [5.41, 5.74) is 2.34. The highest BCUT2D eigenvalue weighted by Gasteiger charge is 2.26. The van der Waals surface area contributed by atoms with Gasteiger partial charge in [0, 0.05) is 5.56 Å². The van der Waals surface area contributed by atoms with Gasteiger partial charge in [0.2, 0.25) is 11.5 Å². The molecule has 0 bridgehead atoms. The minimum atomic E-state index is -0.329. The molecule has 0 aliphatic carbocycles. The third-order valence-electron chi connectivity index (χ3n) is 3.91. The maximum atomic E-state index is 13.2. The quantitative estimate of drug-likeness (QED) is 0.727. The Kier molecular flexibility index (Phi) is 4.92. The van der Waals surface area contributed by atoms with Crippen LogP contribution in [0, 0.1) is 5.82 Å². The fourth-order valence-corrected chi connectivity index (χ4v) is 2.74. The summed E-state index contributed by atoms with van der Waals surface area (Å²) in [5, 5.41) is 11.0. The van der Waals surface area contributed by atoms with Crippen LogP contribution in [0.1, 0.15) is 0 Å². The summed E-state index contributed by atoms with van der Waals surface area (Å²) in [7, 11) is 6.06. The molecule has 2 aromatic carbocycles. The molecule has 26 heavy (non-hydrogen) atoms. The van der Waals surface area contributed by atoms with E-state index in [1.54, 1.807) is 18.2 Å². The summed E-state index contributed by atoms with van der Waals surface area (Å²) in [6.07, 6.45) is 0. The number of aromatic nitrogens is 3. The number of hydrogen-bond acceptors (Lipinski definition) is 6. The average Bonchev–Trinajstić information content (AvgIpc) is 3.16. The number of H-pyrrole nitrogens is 1. The van der Waals surface area contributed by atoms with E-state index in [1.807, 2.05) is 0 Å². The van der Waals surface area contributed by atoms with Crippen LogP contribution in [0.15, 0.2) is 30.3 Å². The van der Waals surface area contributed by atoms with Crippen molar-refractivity contribution in [1.29, 1.82) is 0 Å². The van der Waals surface area contributed by atoms with Crippen molar-refractivity contribution in [3.63, 3.8) is 0 Å². The van der Waals surface area contributed by atoms with Crippen LogP contribution in [0.4, 0.5) is 4.39 Å². The average molecular weight is 359 g/mol. The highest BCUT2D eigenvalue weighted by molar-refractivity contribution is 5.85. The first-order chi connectivity index (χ1) is 12.6. The Morgan fingerprint density at radius 2 is 1.38 bits per heavy atom. The molecule has 0 radical (unpaired) electrons. The van der Waals surface area contributed by atoms with Crippen molar-refractivity contribution in [3.05, 3.63) is 36.1 Å². The summed E-state index contributed by atoms with van der Waals surface area (Å²) >= 11 is 0. The number of methoxy groups -OCH3 is 4. The lowest BCUT2D eigenvalue weighted by molar-refractivity contribution is 0.306. The molecule has 3 rings (SSSR count). The molecule has 0 saturated heterocycles. The number of nitrogens with one attached hydrogen (secondary N) is 1. The van der Waals surface area contributed by atoms with Gasteiger partial charge in [0.1, 0.15) is 17.2 Å². The van der Waals surface area contributed by atoms with Gasteiger partial charge in [0.25, 0.3) is 0 Å². The highest BCUT2D eigenvalue weighted by Crippen LogP contribution is 2.50. The van der Waals surface area contributed by atoms with Gasteiger partial charge in [-0.3, -0.25) is 0 Å². The van der Waals surface area contributed by atoms with E-state index in [0.717, 1.165) is 0 Å². The van der Waals surface area contributed by atoms with Crippen LogP contribution in [-0.2, 0) is 0 Å². The minimum Gasteiger partial charge on any atom is -0.493 e. The summed E-state index contributed by atoms with van der Waals surface area (Å²) in [5.74, 6) is 1.32. The van der Waals surface area contributed by atoms with Crippen molar-refractivity contribution in [1.82, 2.24) is 15.4 Å². The number of benzene rings is 2. The number of hydrogen-bond donors (Lipinski definition) is 1. The van der Waals surface area contributed by atoms with Gasteiger partial charge < -0.3 is 18.9 Å². The zero-order chi connectivity index (χ0) is 18.7. The first-order valence-electron chi connectivity index (χ1n) is 7.68. The second-order valence-electron chi connectivity index (χ2n) is 5.25. The van der Waals surface area contributed by atoms with Gasteiger partial charge in [-0.15, -0.1) is 0 Å². The molecular weight excluding hydrogens is 341 g/mol. The van der Waals surface area contributed by atoms with Gasteiger partial charge in [0.15, 0.2) is 11.5 Å². The first kappa shape index (κ1) is 17.5. The second-order valence-corrected chi connectivity index (χ2v) is 5.25. The van der Waals surface area contributed by atoms with Crippen molar-refractivity contribution in [2.24, 2.45) is 0 Å². The lowest BCUT2D eigenvalue weighted by Gasteiger charge is -2.18. The molecule has 3 aromatic rings. The van der Waals surface area contributed by atoms with Crippen LogP contribution in [0.2, 0.25) is 0 Å². The van der Waals surface area contributed by atoms with E-state index in [4.69, 9.17) is 18.9 Å². The molecule has 0 atom stereocenters. The topological polar surface area (TPSA) is 78.5 Å². The Balaban J connectivity index is 2.25. The molecule has 1 heterocycles. The summed E-state index contributed by atoms with van der Waals surface area (Å²) in [6.45, 7) is 0. The number of nitrogens with zero attached hydrogens (tertiary/aromatic N) is 2. The Hall–Kier alpha value is -3.29. The largest absolute Gasteiger partial charge is 0.493 e. The molecule has 0 aliphatic heterocycles. The predicted molar refractivity (Wildman–Crippen MR) is 93.4 cm³/mol. The van der Waals surface area contributed by atoms with E-state index in [1.165, 1.54) is 40.6 Å². The zero-order valence-corrected chi connectivity index (χ0v) is 14.8. The van der Waals surface area contributed by atoms with Gasteiger partial charge in [-0.2, -0.15) is 15.4 Å². The molecule has 0 saturated carbocycles. The highest BCUT2D eigenvalue weighted by atomic mass is 19.1. The summed E-state index contributed by atoms with van der Waals surface area (Å²) in [6, 6.07) is 7.70. The van der Waals surface area contributed by atoms with Crippen LogP contribution in [0.3, 0.4) is 0 Å². The first-order valence-corrected chi connectivity index (χ1v) is 7.68. The Morgan fingerprint density at radius 3 is 1.96 bits per heavy atom. The smallest absolute Gasteiger partial charge is 0.207 e. The van der Waals surface area contributed by atoms with E-state index < -0.39 is 0 Å². The monoisotopic (exact) mass is 359 g/mol. The molecule has 0 amide bonds. The Bertz CT molecular complexity index is 910.